The van der Waals surface area contributed by atoms with Gasteiger partial charge in [-0.2, -0.15) is 0 Å². The summed E-state index contributed by atoms with van der Waals surface area (Å²) in [6.45, 7) is 2.99. The molecule has 2 rings (SSSR count). The highest BCUT2D eigenvalue weighted by Gasteiger charge is 2.51. The van der Waals surface area contributed by atoms with Gasteiger partial charge in [-0.05, 0) is 38.0 Å². The van der Waals surface area contributed by atoms with E-state index in [1.165, 1.54) is 51.4 Å². The Hall–Kier alpha value is -1.79. The predicted molar refractivity (Wildman–Crippen MR) is 232 cm³/mol. The van der Waals surface area contributed by atoms with Gasteiger partial charge in [0.05, 0.1) is 24.9 Å². The van der Waals surface area contributed by atoms with E-state index in [4.69, 9.17) is 18.5 Å². The lowest BCUT2D eigenvalue weighted by molar-refractivity contribution is -0.220. The van der Waals surface area contributed by atoms with Crippen LogP contribution in [0.2, 0.25) is 0 Å². The Morgan fingerprint density at radius 1 is 0.661 bits per heavy atom. The number of hydrogen-bond donors (Lipinski definition) is 9. The Kier molecular flexibility index (Phi) is 29.1. The molecule has 17 heteroatoms. The molecule has 0 radical (unpaired) electrons. The Morgan fingerprint density at radius 3 is 1.79 bits per heavy atom. The van der Waals surface area contributed by atoms with Crippen molar-refractivity contribution in [3.05, 3.63) is 24.3 Å². The number of unbranched alkanes of at least 4 members (excludes halogenated alkanes) is 15. The van der Waals surface area contributed by atoms with Crippen LogP contribution in [0.1, 0.15) is 162 Å². The first-order valence-corrected chi connectivity index (χ1v) is 24.9. The van der Waals surface area contributed by atoms with Crippen molar-refractivity contribution < 1.29 is 78.4 Å². The van der Waals surface area contributed by atoms with Crippen LogP contribution in [-0.2, 0) is 32.7 Å². The van der Waals surface area contributed by atoms with Crippen LogP contribution in [0, 0.1) is 11.8 Å². The summed E-state index contributed by atoms with van der Waals surface area (Å²) in [6, 6.07) is 0. The molecule has 0 saturated heterocycles. The van der Waals surface area contributed by atoms with E-state index >= 15 is 0 Å². The highest BCUT2D eigenvalue weighted by molar-refractivity contribution is 7.47. The van der Waals surface area contributed by atoms with Crippen molar-refractivity contribution in [3.8, 4) is 0 Å². The molecular formula is C45H81O16P. The second-order valence-corrected chi connectivity index (χ2v) is 18.6. The SMILES string of the molecule is CCCCCCCCCCCCCCCC(=O)OCC(COP(=O)(O)OC1C(O)C(O)C(O)C(O)C1O)OC(=O)CCC/C=C\CC1C(O)CC(O)C1/C=C/C(O)CCCCC. The summed E-state index contributed by atoms with van der Waals surface area (Å²) in [6.07, 6.45) is 11.7. The van der Waals surface area contributed by atoms with Gasteiger partial charge in [0.15, 0.2) is 6.10 Å². The largest absolute Gasteiger partial charge is 0.472 e. The van der Waals surface area contributed by atoms with Crippen LogP contribution in [0.15, 0.2) is 24.3 Å². The molecule has 2 aliphatic rings. The van der Waals surface area contributed by atoms with Crippen molar-refractivity contribution >= 4 is 19.8 Å². The summed E-state index contributed by atoms with van der Waals surface area (Å²) >= 11 is 0. The molecule has 2 aliphatic carbocycles. The minimum Gasteiger partial charge on any atom is -0.462 e. The van der Waals surface area contributed by atoms with Crippen LogP contribution in [-0.4, -0.2) is 132 Å². The molecular weight excluding hydrogens is 827 g/mol. The molecule has 0 heterocycles. The molecule has 0 amide bonds. The third-order valence-electron chi connectivity index (χ3n) is 11.9. The number of carbonyl (C=O) groups is 2. The van der Waals surface area contributed by atoms with E-state index in [0.29, 0.717) is 32.1 Å². The predicted octanol–water partition coefficient (Wildman–Crippen LogP) is 5.21. The van der Waals surface area contributed by atoms with Crippen LogP contribution in [0.3, 0.4) is 0 Å². The molecule has 0 aromatic heterocycles. The summed E-state index contributed by atoms with van der Waals surface area (Å²) in [5, 5.41) is 81.6. The number of rotatable bonds is 34. The maximum Gasteiger partial charge on any atom is 0.472 e. The lowest BCUT2D eigenvalue weighted by Crippen LogP contribution is -2.64. The number of hydrogen-bond acceptors (Lipinski definition) is 15. The second-order valence-electron chi connectivity index (χ2n) is 17.2. The van der Waals surface area contributed by atoms with Crippen LogP contribution in [0.4, 0.5) is 0 Å². The zero-order valence-corrected chi connectivity index (χ0v) is 38.1. The Balaban J connectivity index is 1.86. The molecule has 362 valence electrons. The van der Waals surface area contributed by atoms with Crippen molar-refractivity contribution in [2.24, 2.45) is 11.8 Å². The van der Waals surface area contributed by atoms with Gasteiger partial charge < -0.3 is 55.2 Å². The minimum atomic E-state index is -5.18. The third-order valence-corrected chi connectivity index (χ3v) is 12.9. The molecule has 2 saturated carbocycles. The van der Waals surface area contributed by atoms with Gasteiger partial charge in [0.25, 0.3) is 0 Å². The van der Waals surface area contributed by atoms with E-state index in [2.05, 4.69) is 13.8 Å². The van der Waals surface area contributed by atoms with Crippen molar-refractivity contribution in [1.82, 2.24) is 0 Å². The first-order chi connectivity index (χ1) is 29.6. The standard InChI is InChI=1S/C45H81O16P/c1-3-5-7-8-9-10-11-12-13-14-15-16-21-25-38(49)58-30-33(31-59-62(56,57)61-45-43(54)41(52)40(51)42(53)44(45)55)60-39(50)26-22-18-17-20-24-34-35(37(48)29-36(34)47)28-27-32(46)23-19-6-4-2/h17,20,27-28,32-37,40-48,51-55H,3-16,18-19,21-26,29-31H2,1-2H3,(H,56,57)/b20-17-,28-27+. The first-order valence-electron chi connectivity index (χ1n) is 23.4. The fraction of sp³-hybridized carbons (Fsp3) is 0.867. The molecule has 0 aromatic rings. The van der Waals surface area contributed by atoms with Crippen LogP contribution >= 0.6 is 7.82 Å². The Morgan fingerprint density at radius 2 is 1.19 bits per heavy atom. The molecule has 11 atom stereocenters. The lowest BCUT2D eigenvalue weighted by atomic mass is 9.85. The quantitative estimate of drug-likeness (QED) is 0.0173. The van der Waals surface area contributed by atoms with E-state index in [0.717, 1.165) is 44.9 Å². The Labute approximate surface area is 369 Å². The minimum absolute atomic E-state index is 0.0777. The number of ether oxygens (including phenoxy) is 2. The van der Waals surface area contributed by atoms with Gasteiger partial charge >= 0.3 is 19.8 Å². The zero-order chi connectivity index (χ0) is 45.9. The monoisotopic (exact) mass is 909 g/mol. The average molecular weight is 909 g/mol. The highest BCUT2D eigenvalue weighted by atomic mass is 31.2. The summed E-state index contributed by atoms with van der Waals surface area (Å²) in [5.41, 5.74) is 0. The van der Waals surface area contributed by atoms with Gasteiger partial charge in [0.2, 0.25) is 0 Å². The van der Waals surface area contributed by atoms with E-state index in [1.54, 1.807) is 12.2 Å². The molecule has 11 unspecified atom stereocenters. The number of esters is 2. The maximum absolute atomic E-state index is 12.9. The van der Waals surface area contributed by atoms with Gasteiger partial charge in [-0.25, -0.2) is 4.57 Å². The van der Waals surface area contributed by atoms with Gasteiger partial charge in [-0.15, -0.1) is 0 Å². The highest BCUT2D eigenvalue weighted by Crippen LogP contribution is 2.47. The summed E-state index contributed by atoms with van der Waals surface area (Å²) in [4.78, 5) is 35.9. The van der Waals surface area contributed by atoms with Crippen LogP contribution < -0.4 is 0 Å². The summed E-state index contributed by atoms with van der Waals surface area (Å²) in [7, 11) is -5.18. The molecule has 0 aromatic carbocycles. The Bertz CT molecular complexity index is 1300. The smallest absolute Gasteiger partial charge is 0.462 e. The fourth-order valence-corrected chi connectivity index (χ4v) is 8.96. The fourth-order valence-electron chi connectivity index (χ4n) is 7.99. The van der Waals surface area contributed by atoms with Gasteiger partial charge in [-0.1, -0.05) is 134 Å². The second kappa shape index (κ2) is 32.0. The van der Waals surface area contributed by atoms with Crippen molar-refractivity contribution in [2.75, 3.05) is 13.2 Å². The molecule has 0 bridgehead atoms. The van der Waals surface area contributed by atoms with Crippen molar-refractivity contribution in [2.45, 2.75) is 223 Å². The van der Waals surface area contributed by atoms with Gasteiger partial charge in [0.1, 0.15) is 43.2 Å². The van der Waals surface area contributed by atoms with Crippen LogP contribution in [0.25, 0.3) is 0 Å². The first kappa shape index (κ1) is 56.3. The number of aliphatic hydroxyl groups is 8. The van der Waals surface area contributed by atoms with Crippen molar-refractivity contribution in [3.63, 3.8) is 0 Å². The number of aliphatic hydroxyl groups excluding tert-OH is 8. The van der Waals surface area contributed by atoms with Crippen molar-refractivity contribution in [1.29, 1.82) is 0 Å². The van der Waals surface area contributed by atoms with E-state index in [1.807, 2.05) is 12.2 Å². The number of phosphoric ester groups is 1. The number of phosphoric acid groups is 1. The normalized spacial score (nSPS) is 28.6. The molecule has 9 N–H and O–H groups in total. The molecule has 0 spiro atoms. The van der Waals surface area contributed by atoms with E-state index in [9.17, 15) is 59.9 Å². The molecule has 0 aliphatic heterocycles. The lowest BCUT2D eigenvalue weighted by Gasteiger charge is -2.41. The molecule has 62 heavy (non-hydrogen) atoms. The zero-order valence-electron chi connectivity index (χ0n) is 37.2. The topological polar surface area (TPSA) is 270 Å². The maximum atomic E-state index is 12.9. The number of carbonyl (C=O) groups excluding carboxylic acids is 2. The van der Waals surface area contributed by atoms with Gasteiger partial charge in [0, 0.05) is 25.2 Å². The summed E-state index contributed by atoms with van der Waals surface area (Å²) in [5.74, 6) is -1.82. The van der Waals surface area contributed by atoms with E-state index < -0.39 is 94.0 Å². The number of allylic oxidation sites excluding steroid dienone is 2. The third kappa shape index (κ3) is 22.4. The van der Waals surface area contributed by atoms with Crippen LogP contribution in [0.5, 0.6) is 0 Å². The van der Waals surface area contributed by atoms with Gasteiger partial charge in [-0.3, -0.25) is 18.6 Å². The van der Waals surface area contributed by atoms with E-state index in [-0.39, 0.29) is 31.1 Å². The molecule has 16 nitrogen and oxygen atoms in total. The average Bonchev–Trinajstić information content (AvgIpc) is 3.51. The summed E-state index contributed by atoms with van der Waals surface area (Å²) < 4.78 is 33.5. The molecule has 2 fully saturated rings.